The first-order valence-electron chi connectivity index (χ1n) is 8.10. The fourth-order valence-corrected chi connectivity index (χ4v) is 2.31. The van der Waals surface area contributed by atoms with Crippen LogP contribution in [-0.2, 0) is 6.54 Å². The minimum absolute atomic E-state index is 0.181. The molecule has 1 heterocycles. The third kappa shape index (κ3) is 5.80. The van der Waals surface area contributed by atoms with Crippen LogP contribution in [0.15, 0.2) is 40.8 Å². The molecule has 0 aliphatic heterocycles. The van der Waals surface area contributed by atoms with Crippen molar-refractivity contribution >= 4 is 0 Å². The van der Waals surface area contributed by atoms with Gasteiger partial charge in [0.1, 0.15) is 11.5 Å². The maximum Gasteiger partial charge on any atom is 0.134 e. The van der Waals surface area contributed by atoms with Crippen molar-refractivity contribution in [3.05, 3.63) is 47.7 Å². The molecule has 0 bridgehead atoms. The van der Waals surface area contributed by atoms with Crippen LogP contribution in [0.5, 0.6) is 0 Å². The van der Waals surface area contributed by atoms with Crippen molar-refractivity contribution in [3.8, 4) is 11.3 Å². The van der Waals surface area contributed by atoms with Gasteiger partial charge in [0, 0.05) is 12.1 Å². The second kappa shape index (κ2) is 9.47. The number of furan rings is 1. The van der Waals surface area contributed by atoms with Crippen LogP contribution in [0.1, 0.15) is 30.8 Å². The first-order valence-corrected chi connectivity index (χ1v) is 8.10. The van der Waals surface area contributed by atoms with Crippen molar-refractivity contribution in [2.24, 2.45) is 0 Å². The molecule has 1 atom stereocenters. The van der Waals surface area contributed by atoms with E-state index in [4.69, 9.17) is 9.52 Å². The maximum absolute atomic E-state index is 9.53. The predicted molar refractivity (Wildman–Crippen MR) is 91.1 cm³/mol. The van der Waals surface area contributed by atoms with Gasteiger partial charge in [0.15, 0.2) is 0 Å². The van der Waals surface area contributed by atoms with Crippen molar-refractivity contribution in [2.45, 2.75) is 26.0 Å². The Morgan fingerprint density at radius 1 is 1.00 bits per heavy atom. The van der Waals surface area contributed by atoms with Crippen LogP contribution < -0.4 is 10.6 Å². The molecule has 0 saturated carbocycles. The second-order valence-electron chi connectivity index (χ2n) is 5.57. The summed E-state index contributed by atoms with van der Waals surface area (Å²) in [6.07, 6.45) is 0.557. The van der Waals surface area contributed by atoms with Gasteiger partial charge in [-0.1, -0.05) is 24.3 Å². The van der Waals surface area contributed by atoms with E-state index in [1.807, 2.05) is 36.4 Å². The molecule has 1 aromatic carbocycles. The molecular formula is C18H26N2O3. The van der Waals surface area contributed by atoms with Gasteiger partial charge in [-0.15, -0.1) is 0 Å². The first-order chi connectivity index (χ1) is 11.2. The van der Waals surface area contributed by atoms with Crippen LogP contribution in [-0.4, -0.2) is 36.5 Å². The summed E-state index contributed by atoms with van der Waals surface area (Å²) in [5.41, 5.74) is 1.91. The highest BCUT2D eigenvalue weighted by Crippen LogP contribution is 2.24. The molecule has 0 spiro atoms. The average Bonchev–Trinajstić information content (AvgIpc) is 3.03. The van der Waals surface area contributed by atoms with Crippen LogP contribution in [0.4, 0.5) is 0 Å². The monoisotopic (exact) mass is 318 g/mol. The van der Waals surface area contributed by atoms with Gasteiger partial charge in [-0.3, -0.25) is 0 Å². The zero-order valence-corrected chi connectivity index (χ0v) is 13.6. The summed E-state index contributed by atoms with van der Waals surface area (Å²) in [6, 6.07) is 11.7. The van der Waals surface area contributed by atoms with Gasteiger partial charge in [-0.2, -0.15) is 0 Å². The fourth-order valence-electron chi connectivity index (χ4n) is 2.31. The fraction of sp³-hybridized carbons (Fsp3) is 0.444. The van der Waals surface area contributed by atoms with Crippen LogP contribution in [0.25, 0.3) is 11.3 Å². The Hall–Kier alpha value is -1.66. The van der Waals surface area contributed by atoms with E-state index in [-0.39, 0.29) is 6.61 Å². The van der Waals surface area contributed by atoms with Crippen molar-refractivity contribution in [3.63, 3.8) is 0 Å². The lowest BCUT2D eigenvalue weighted by molar-refractivity contribution is 0.199. The zero-order valence-electron chi connectivity index (χ0n) is 13.6. The Balaban J connectivity index is 1.77. The average molecular weight is 318 g/mol. The van der Waals surface area contributed by atoms with E-state index >= 15 is 0 Å². The van der Waals surface area contributed by atoms with E-state index in [2.05, 4.69) is 10.6 Å². The molecule has 0 radical (unpaired) electrons. The molecular weight excluding hydrogens is 292 g/mol. The van der Waals surface area contributed by atoms with E-state index < -0.39 is 6.10 Å². The number of aliphatic hydroxyl groups is 2. The van der Waals surface area contributed by atoms with Crippen LogP contribution >= 0.6 is 0 Å². The number of nitrogens with one attached hydrogen (secondary N) is 2. The van der Waals surface area contributed by atoms with E-state index in [0.29, 0.717) is 13.1 Å². The second-order valence-corrected chi connectivity index (χ2v) is 5.57. The summed E-state index contributed by atoms with van der Waals surface area (Å²) in [5, 5.41) is 24.7. The number of aliphatic hydroxyl groups excluding tert-OH is 2. The molecule has 1 unspecified atom stereocenters. The first kappa shape index (κ1) is 17.7. The summed E-state index contributed by atoms with van der Waals surface area (Å²) in [6.45, 7) is 5.08. The summed E-state index contributed by atoms with van der Waals surface area (Å²) >= 11 is 0. The molecule has 5 nitrogen and oxygen atoms in total. The smallest absolute Gasteiger partial charge is 0.134 e. The largest absolute Gasteiger partial charge is 0.460 e. The minimum Gasteiger partial charge on any atom is -0.460 e. The van der Waals surface area contributed by atoms with E-state index in [1.54, 1.807) is 6.92 Å². The minimum atomic E-state index is -0.452. The topological polar surface area (TPSA) is 77.7 Å². The van der Waals surface area contributed by atoms with Gasteiger partial charge >= 0.3 is 0 Å². The Labute approximate surface area is 137 Å². The van der Waals surface area contributed by atoms with Gasteiger partial charge in [0.25, 0.3) is 0 Å². The zero-order chi connectivity index (χ0) is 16.5. The van der Waals surface area contributed by atoms with Gasteiger partial charge in [-0.25, -0.2) is 0 Å². The Kier molecular flexibility index (Phi) is 7.29. The van der Waals surface area contributed by atoms with Gasteiger partial charge in [0.2, 0.25) is 0 Å². The highest BCUT2D eigenvalue weighted by Gasteiger charge is 2.06. The molecule has 126 valence electrons. The molecule has 5 heteroatoms. The van der Waals surface area contributed by atoms with Crippen molar-refractivity contribution in [2.75, 3.05) is 26.2 Å². The number of benzene rings is 1. The highest BCUT2D eigenvalue weighted by molar-refractivity contribution is 5.58. The summed E-state index contributed by atoms with van der Waals surface area (Å²) in [5.74, 6) is 1.74. The highest BCUT2D eigenvalue weighted by atomic mass is 16.3. The van der Waals surface area contributed by atoms with E-state index in [9.17, 15) is 5.11 Å². The molecule has 2 aromatic rings. The molecule has 0 saturated heterocycles. The Morgan fingerprint density at radius 3 is 2.43 bits per heavy atom. The molecule has 0 aliphatic carbocycles. The molecule has 0 amide bonds. The summed E-state index contributed by atoms with van der Waals surface area (Å²) in [7, 11) is 0. The normalized spacial score (nSPS) is 12.5. The lowest BCUT2D eigenvalue weighted by Crippen LogP contribution is -2.23. The SMILES string of the molecule is CC(O)c1ccc(-c2ccc(CNCCCNCCO)o2)cc1. The predicted octanol–water partition coefficient (Wildman–Crippen LogP) is 2.06. The van der Waals surface area contributed by atoms with Gasteiger partial charge < -0.3 is 25.3 Å². The van der Waals surface area contributed by atoms with Gasteiger partial charge in [-0.05, 0) is 44.1 Å². The molecule has 0 fully saturated rings. The molecule has 2 rings (SSSR count). The Morgan fingerprint density at radius 2 is 1.74 bits per heavy atom. The van der Waals surface area contributed by atoms with E-state index in [0.717, 1.165) is 42.2 Å². The maximum atomic E-state index is 9.53. The van der Waals surface area contributed by atoms with Gasteiger partial charge in [0.05, 0.1) is 19.3 Å². The van der Waals surface area contributed by atoms with Crippen LogP contribution in [0.3, 0.4) is 0 Å². The molecule has 0 aliphatic rings. The lowest BCUT2D eigenvalue weighted by Gasteiger charge is -2.05. The van der Waals surface area contributed by atoms with E-state index in [1.165, 1.54) is 0 Å². The Bertz CT molecular complexity index is 564. The van der Waals surface area contributed by atoms with Crippen molar-refractivity contribution in [1.29, 1.82) is 0 Å². The van der Waals surface area contributed by atoms with Crippen molar-refractivity contribution in [1.82, 2.24) is 10.6 Å². The number of rotatable bonds is 10. The number of hydrogen-bond acceptors (Lipinski definition) is 5. The molecule has 23 heavy (non-hydrogen) atoms. The van der Waals surface area contributed by atoms with Crippen LogP contribution in [0.2, 0.25) is 0 Å². The third-order valence-electron chi connectivity index (χ3n) is 3.63. The third-order valence-corrected chi connectivity index (χ3v) is 3.63. The standard InChI is InChI=1S/C18H26N2O3/c1-14(22)15-3-5-16(6-4-15)18-8-7-17(23-18)13-20-10-2-9-19-11-12-21/h3-8,14,19-22H,2,9-13H2,1H3. The molecule has 4 N–H and O–H groups in total. The lowest BCUT2D eigenvalue weighted by atomic mass is 10.1. The number of hydrogen-bond donors (Lipinski definition) is 4. The summed E-state index contributed by atoms with van der Waals surface area (Å²) < 4.78 is 5.84. The van der Waals surface area contributed by atoms with Crippen molar-refractivity contribution < 1.29 is 14.6 Å². The molecule has 1 aromatic heterocycles. The summed E-state index contributed by atoms with van der Waals surface area (Å²) in [4.78, 5) is 0. The quantitative estimate of drug-likeness (QED) is 0.505. The van der Waals surface area contributed by atoms with Crippen LogP contribution in [0, 0.1) is 0 Å².